The molecule has 0 N–H and O–H groups in total. The van der Waals surface area contributed by atoms with E-state index < -0.39 is 0 Å². The van der Waals surface area contributed by atoms with Gasteiger partial charge in [0, 0.05) is 25.9 Å². The highest BCUT2D eigenvalue weighted by atomic mass is 15.1. The van der Waals surface area contributed by atoms with E-state index in [4.69, 9.17) is 5.26 Å². The summed E-state index contributed by atoms with van der Waals surface area (Å²) >= 11 is 0. The molecule has 0 saturated carbocycles. The molecule has 0 radical (unpaired) electrons. The first-order valence-electron chi connectivity index (χ1n) is 4.74. The summed E-state index contributed by atoms with van der Waals surface area (Å²) in [6.45, 7) is 0. The molecule has 0 bridgehead atoms. The molecule has 1 aromatic carbocycles. The molecule has 0 aliphatic rings. The molecule has 1 aromatic rings. The fraction of sp³-hybridized carbons (Fsp3) is 0.154. The Morgan fingerprint density at radius 1 is 1.13 bits per heavy atom. The van der Waals surface area contributed by atoms with E-state index in [1.54, 1.807) is 6.08 Å². The third-order valence-corrected chi connectivity index (χ3v) is 1.98. The second-order valence-corrected chi connectivity index (χ2v) is 3.33. The highest BCUT2D eigenvalue weighted by Crippen LogP contribution is 2.12. The Morgan fingerprint density at radius 2 is 1.80 bits per heavy atom. The molecule has 0 saturated heterocycles. The van der Waals surface area contributed by atoms with Gasteiger partial charge in [-0.3, -0.25) is 0 Å². The molecule has 0 aliphatic carbocycles. The molecule has 1 rings (SSSR count). The molecule has 2 nitrogen and oxygen atoms in total. The smallest absolute Gasteiger partial charge is 0.0912 e. The largest absolute Gasteiger partial charge is 0.378 e. The summed E-state index contributed by atoms with van der Waals surface area (Å²) < 4.78 is 0. The molecule has 0 unspecified atom stereocenters. The lowest BCUT2D eigenvalue weighted by molar-refractivity contribution is 1.13. The van der Waals surface area contributed by atoms with E-state index in [9.17, 15) is 0 Å². The van der Waals surface area contributed by atoms with Gasteiger partial charge in [-0.25, -0.2) is 0 Å². The van der Waals surface area contributed by atoms with E-state index in [1.165, 1.54) is 11.8 Å². The van der Waals surface area contributed by atoms with Crippen LogP contribution in [0.5, 0.6) is 0 Å². The topological polar surface area (TPSA) is 27.0 Å². The van der Waals surface area contributed by atoms with Crippen LogP contribution in [0.1, 0.15) is 5.56 Å². The van der Waals surface area contributed by atoms with E-state index >= 15 is 0 Å². The van der Waals surface area contributed by atoms with E-state index in [1.807, 2.05) is 44.4 Å². The molecule has 0 atom stereocenters. The van der Waals surface area contributed by atoms with Crippen LogP contribution in [0.3, 0.4) is 0 Å². The predicted octanol–water partition coefficient (Wildman–Crippen LogP) is 2.85. The van der Waals surface area contributed by atoms with Gasteiger partial charge >= 0.3 is 0 Å². The molecule has 0 aromatic heterocycles. The Hall–Kier alpha value is -2.01. The minimum atomic E-state index is 1.13. The van der Waals surface area contributed by atoms with Crippen molar-refractivity contribution < 1.29 is 0 Å². The van der Waals surface area contributed by atoms with E-state index in [0.29, 0.717) is 0 Å². The highest BCUT2D eigenvalue weighted by molar-refractivity contribution is 5.56. The Labute approximate surface area is 90.8 Å². The van der Waals surface area contributed by atoms with Gasteiger partial charge in [0.15, 0.2) is 0 Å². The minimum Gasteiger partial charge on any atom is -0.378 e. The van der Waals surface area contributed by atoms with Crippen molar-refractivity contribution in [2.24, 2.45) is 0 Å². The average molecular weight is 198 g/mol. The SMILES string of the molecule is CN(C)c1ccc(/C=C/C=C/C#N)cc1. The molecule has 0 aliphatic heterocycles. The Morgan fingerprint density at radius 3 is 2.33 bits per heavy atom. The second kappa shape index (κ2) is 5.66. The van der Waals surface area contributed by atoms with E-state index in [0.717, 1.165) is 5.56 Å². The molecule has 76 valence electrons. The number of hydrogen-bond donors (Lipinski definition) is 0. The molecule has 0 amide bonds. The molecule has 2 heteroatoms. The third-order valence-electron chi connectivity index (χ3n) is 1.98. The van der Waals surface area contributed by atoms with Gasteiger partial charge in [-0.1, -0.05) is 30.4 Å². The minimum absolute atomic E-state index is 1.13. The van der Waals surface area contributed by atoms with Gasteiger partial charge in [-0.2, -0.15) is 5.26 Å². The lowest BCUT2D eigenvalue weighted by Gasteiger charge is -2.11. The number of benzene rings is 1. The molecule has 15 heavy (non-hydrogen) atoms. The number of rotatable bonds is 3. The van der Waals surface area contributed by atoms with Crippen molar-refractivity contribution in [1.82, 2.24) is 0 Å². The van der Waals surface area contributed by atoms with Crippen LogP contribution >= 0.6 is 0 Å². The summed E-state index contributed by atoms with van der Waals surface area (Å²) in [5.41, 5.74) is 2.31. The van der Waals surface area contributed by atoms with Gasteiger partial charge in [-0.15, -0.1) is 0 Å². The molecule has 0 spiro atoms. The quantitative estimate of drug-likeness (QED) is 0.551. The number of allylic oxidation sites excluding steroid dienone is 3. The number of nitriles is 1. The summed E-state index contributed by atoms with van der Waals surface area (Å²) in [5.74, 6) is 0. The standard InChI is InChI=1S/C13H14N2/c1-15(2)13-9-7-12(8-10-13)6-4-3-5-11-14/h3-10H,1-2H3/b5-3+,6-4+. The molecule has 0 heterocycles. The van der Waals surface area contributed by atoms with E-state index in [-0.39, 0.29) is 0 Å². The second-order valence-electron chi connectivity index (χ2n) is 3.33. The lowest BCUT2D eigenvalue weighted by atomic mass is 10.2. The maximum atomic E-state index is 8.28. The monoisotopic (exact) mass is 198 g/mol. The summed E-state index contributed by atoms with van der Waals surface area (Å²) in [6, 6.07) is 10.2. The summed E-state index contributed by atoms with van der Waals surface area (Å²) in [4.78, 5) is 2.06. The molecular formula is C13H14N2. The first kappa shape index (κ1) is 11.1. The molecular weight excluding hydrogens is 184 g/mol. The Bertz CT molecular complexity index is 392. The first-order valence-corrected chi connectivity index (χ1v) is 4.74. The van der Waals surface area contributed by atoms with Crippen LogP contribution < -0.4 is 4.90 Å². The van der Waals surface area contributed by atoms with E-state index in [2.05, 4.69) is 17.0 Å². The normalized spacial score (nSPS) is 10.7. The van der Waals surface area contributed by atoms with Crippen LogP contribution in [0.4, 0.5) is 5.69 Å². The van der Waals surface area contributed by atoms with Gasteiger partial charge in [-0.05, 0) is 17.7 Å². The van der Waals surface area contributed by atoms with Gasteiger partial charge < -0.3 is 4.90 Å². The number of nitrogens with zero attached hydrogens (tertiary/aromatic N) is 2. The number of hydrogen-bond acceptors (Lipinski definition) is 2. The first-order chi connectivity index (χ1) is 7.24. The van der Waals surface area contributed by atoms with Crippen molar-refractivity contribution in [3.05, 3.63) is 48.1 Å². The summed E-state index contributed by atoms with van der Waals surface area (Å²) in [7, 11) is 4.03. The van der Waals surface area contributed by atoms with Crippen LogP contribution in [0.25, 0.3) is 6.08 Å². The maximum Gasteiger partial charge on any atom is 0.0912 e. The van der Waals surface area contributed by atoms with Gasteiger partial charge in [0.2, 0.25) is 0 Å². The van der Waals surface area contributed by atoms with Gasteiger partial charge in [0.25, 0.3) is 0 Å². The van der Waals surface area contributed by atoms with Crippen LogP contribution in [-0.2, 0) is 0 Å². The van der Waals surface area contributed by atoms with Crippen LogP contribution in [-0.4, -0.2) is 14.1 Å². The fourth-order valence-electron chi connectivity index (χ4n) is 1.15. The lowest BCUT2D eigenvalue weighted by Crippen LogP contribution is -2.07. The van der Waals surface area contributed by atoms with Gasteiger partial charge in [0.05, 0.1) is 6.07 Å². The Kier molecular flexibility index (Phi) is 4.18. The van der Waals surface area contributed by atoms with Crippen molar-refractivity contribution in [3.63, 3.8) is 0 Å². The zero-order valence-electron chi connectivity index (χ0n) is 9.01. The van der Waals surface area contributed by atoms with Gasteiger partial charge in [0.1, 0.15) is 0 Å². The maximum absolute atomic E-state index is 8.28. The van der Waals surface area contributed by atoms with Crippen LogP contribution in [0, 0.1) is 11.3 Å². The third kappa shape index (κ3) is 3.70. The number of anilines is 1. The summed E-state index contributed by atoms with van der Waals surface area (Å²) in [6.07, 6.45) is 6.99. The fourth-order valence-corrected chi connectivity index (χ4v) is 1.15. The highest BCUT2D eigenvalue weighted by Gasteiger charge is 1.92. The average Bonchev–Trinajstić information content (AvgIpc) is 2.25. The van der Waals surface area contributed by atoms with Crippen molar-refractivity contribution in [3.8, 4) is 6.07 Å². The van der Waals surface area contributed by atoms with Crippen molar-refractivity contribution in [1.29, 1.82) is 5.26 Å². The van der Waals surface area contributed by atoms with Crippen molar-refractivity contribution >= 4 is 11.8 Å². The Balaban J connectivity index is 2.69. The zero-order valence-corrected chi connectivity index (χ0v) is 9.01. The zero-order chi connectivity index (χ0) is 11.1. The van der Waals surface area contributed by atoms with Crippen LogP contribution in [0.2, 0.25) is 0 Å². The summed E-state index contributed by atoms with van der Waals surface area (Å²) in [5, 5.41) is 8.28. The van der Waals surface area contributed by atoms with Crippen molar-refractivity contribution in [2.75, 3.05) is 19.0 Å². The predicted molar refractivity (Wildman–Crippen MR) is 64.6 cm³/mol. The van der Waals surface area contributed by atoms with Crippen LogP contribution in [0.15, 0.2) is 42.5 Å². The molecule has 0 fully saturated rings. The van der Waals surface area contributed by atoms with Crippen molar-refractivity contribution in [2.45, 2.75) is 0 Å².